The standard InChI is InChI=1S/C8H18NO/c1-8(10)4-6-9(2,3)7-5-8/h10H,4-7H2,1-3H3/q+1. The normalized spacial score (nSPS) is 30.0. The third kappa shape index (κ3) is 1.96. The van der Waals surface area contributed by atoms with E-state index in [1.807, 2.05) is 6.92 Å². The summed E-state index contributed by atoms with van der Waals surface area (Å²) in [6.45, 7) is 4.14. The van der Waals surface area contributed by atoms with Crippen LogP contribution < -0.4 is 0 Å². The predicted octanol–water partition coefficient (Wildman–Crippen LogP) is 0.608. The second kappa shape index (κ2) is 2.21. The molecule has 10 heavy (non-hydrogen) atoms. The van der Waals surface area contributed by atoms with Gasteiger partial charge >= 0.3 is 0 Å². The summed E-state index contributed by atoms with van der Waals surface area (Å²) in [5.74, 6) is 0. The van der Waals surface area contributed by atoms with E-state index in [1.54, 1.807) is 0 Å². The van der Waals surface area contributed by atoms with Crippen molar-refractivity contribution in [1.82, 2.24) is 0 Å². The summed E-state index contributed by atoms with van der Waals surface area (Å²) < 4.78 is 1.07. The van der Waals surface area contributed by atoms with Crippen LogP contribution >= 0.6 is 0 Å². The molecule has 0 aromatic rings. The van der Waals surface area contributed by atoms with Crippen molar-refractivity contribution in [2.75, 3.05) is 27.2 Å². The molecule has 0 unspecified atom stereocenters. The Balaban J connectivity index is 2.46. The van der Waals surface area contributed by atoms with Crippen molar-refractivity contribution in [3.05, 3.63) is 0 Å². The first-order chi connectivity index (χ1) is 4.41. The van der Waals surface area contributed by atoms with E-state index < -0.39 is 0 Å². The molecule has 1 saturated heterocycles. The van der Waals surface area contributed by atoms with E-state index in [4.69, 9.17) is 0 Å². The fourth-order valence-corrected chi connectivity index (χ4v) is 1.32. The SMILES string of the molecule is CC1(O)CC[N+](C)(C)CC1. The highest BCUT2D eigenvalue weighted by molar-refractivity contribution is 4.75. The highest BCUT2D eigenvalue weighted by Crippen LogP contribution is 2.23. The number of quaternary nitrogens is 1. The Bertz CT molecular complexity index is 101. The lowest BCUT2D eigenvalue weighted by molar-refractivity contribution is -0.897. The molecule has 1 rings (SSSR count). The number of piperidine rings is 1. The van der Waals surface area contributed by atoms with Crippen LogP contribution in [0, 0.1) is 0 Å². The summed E-state index contributed by atoms with van der Waals surface area (Å²) in [6, 6.07) is 0. The maximum absolute atomic E-state index is 9.60. The number of hydrogen-bond acceptors (Lipinski definition) is 1. The van der Waals surface area contributed by atoms with Crippen LogP contribution in [0.1, 0.15) is 19.8 Å². The number of hydrogen-bond donors (Lipinski definition) is 1. The lowest BCUT2D eigenvalue weighted by atomic mass is 9.93. The fourth-order valence-electron chi connectivity index (χ4n) is 1.32. The van der Waals surface area contributed by atoms with Crippen molar-refractivity contribution >= 4 is 0 Å². The minimum atomic E-state index is -0.381. The Morgan fingerprint density at radius 2 is 1.60 bits per heavy atom. The van der Waals surface area contributed by atoms with E-state index in [2.05, 4.69) is 14.1 Å². The van der Waals surface area contributed by atoms with Crippen molar-refractivity contribution in [3.8, 4) is 0 Å². The van der Waals surface area contributed by atoms with E-state index in [9.17, 15) is 5.11 Å². The van der Waals surface area contributed by atoms with Crippen LogP contribution in [-0.4, -0.2) is 42.4 Å². The van der Waals surface area contributed by atoms with Crippen LogP contribution in [0.5, 0.6) is 0 Å². The van der Waals surface area contributed by atoms with Crippen molar-refractivity contribution < 1.29 is 9.59 Å². The Hall–Kier alpha value is -0.0800. The van der Waals surface area contributed by atoms with Gasteiger partial charge in [0.15, 0.2) is 0 Å². The summed E-state index contributed by atoms with van der Waals surface area (Å²) in [5.41, 5.74) is -0.381. The summed E-state index contributed by atoms with van der Waals surface area (Å²) >= 11 is 0. The van der Waals surface area contributed by atoms with Gasteiger partial charge in [0, 0.05) is 12.8 Å². The number of rotatable bonds is 0. The molecule has 0 aliphatic carbocycles. The Morgan fingerprint density at radius 3 is 1.90 bits per heavy atom. The van der Waals surface area contributed by atoms with Crippen LogP contribution in [0.2, 0.25) is 0 Å². The average Bonchev–Trinajstić information content (AvgIpc) is 1.79. The van der Waals surface area contributed by atoms with Crippen molar-refractivity contribution in [1.29, 1.82) is 0 Å². The molecule has 1 aliphatic rings. The van der Waals surface area contributed by atoms with Gasteiger partial charge in [0.2, 0.25) is 0 Å². The van der Waals surface area contributed by atoms with Crippen LogP contribution in [0.25, 0.3) is 0 Å². The third-order valence-electron chi connectivity index (χ3n) is 2.51. The average molecular weight is 144 g/mol. The van der Waals surface area contributed by atoms with Crippen molar-refractivity contribution in [2.45, 2.75) is 25.4 Å². The first-order valence-corrected chi connectivity index (χ1v) is 3.96. The maximum atomic E-state index is 9.60. The van der Waals surface area contributed by atoms with Crippen LogP contribution in [0.3, 0.4) is 0 Å². The zero-order valence-electron chi connectivity index (χ0n) is 7.22. The van der Waals surface area contributed by atoms with Gasteiger partial charge in [-0.2, -0.15) is 0 Å². The molecule has 0 aromatic carbocycles. The lowest BCUT2D eigenvalue weighted by Gasteiger charge is -2.40. The first-order valence-electron chi connectivity index (χ1n) is 3.96. The van der Waals surface area contributed by atoms with Crippen LogP contribution in [-0.2, 0) is 0 Å². The van der Waals surface area contributed by atoms with Crippen LogP contribution in [0.4, 0.5) is 0 Å². The van der Waals surface area contributed by atoms with E-state index in [-0.39, 0.29) is 5.60 Å². The van der Waals surface area contributed by atoms with Gasteiger partial charge in [-0.05, 0) is 6.92 Å². The molecule has 1 aliphatic heterocycles. The van der Waals surface area contributed by atoms with Crippen LogP contribution in [0.15, 0.2) is 0 Å². The second-order valence-corrected chi connectivity index (χ2v) is 4.38. The molecule has 0 saturated carbocycles. The van der Waals surface area contributed by atoms with Gasteiger partial charge in [-0.1, -0.05) is 0 Å². The van der Waals surface area contributed by atoms with E-state index in [1.165, 1.54) is 0 Å². The predicted molar refractivity (Wildman–Crippen MR) is 41.7 cm³/mol. The molecule has 1 heterocycles. The summed E-state index contributed by atoms with van der Waals surface area (Å²) in [5, 5.41) is 9.60. The van der Waals surface area contributed by atoms with Crippen molar-refractivity contribution in [3.63, 3.8) is 0 Å². The lowest BCUT2D eigenvalue weighted by Crippen LogP contribution is -2.51. The van der Waals surface area contributed by atoms with Gasteiger partial charge < -0.3 is 9.59 Å². The molecule has 0 radical (unpaired) electrons. The zero-order chi connectivity index (χ0) is 7.83. The third-order valence-corrected chi connectivity index (χ3v) is 2.51. The smallest absolute Gasteiger partial charge is 0.0810 e. The number of likely N-dealkylation sites (tertiary alicyclic amines) is 1. The van der Waals surface area contributed by atoms with Gasteiger partial charge in [-0.25, -0.2) is 0 Å². The molecule has 2 heteroatoms. The molecule has 2 nitrogen and oxygen atoms in total. The van der Waals surface area contributed by atoms with Gasteiger partial charge in [-0.15, -0.1) is 0 Å². The fraction of sp³-hybridized carbons (Fsp3) is 1.00. The van der Waals surface area contributed by atoms with Gasteiger partial charge in [0.25, 0.3) is 0 Å². The van der Waals surface area contributed by atoms with Gasteiger partial charge in [0.1, 0.15) is 0 Å². The molecule has 60 valence electrons. The summed E-state index contributed by atoms with van der Waals surface area (Å²) in [6.07, 6.45) is 1.89. The van der Waals surface area contributed by atoms with Gasteiger partial charge in [-0.3, -0.25) is 0 Å². The first kappa shape index (κ1) is 8.02. The molecular formula is C8H18NO+. The van der Waals surface area contributed by atoms with E-state index in [0.29, 0.717) is 0 Å². The molecule has 0 aromatic heterocycles. The molecule has 0 amide bonds. The minimum Gasteiger partial charge on any atom is -0.390 e. The molecule has 0 bridgehead atoms. The Labute approximate surface area is 63.1 Å². The quantitative estimate of drug-likeness (QED) is 0.494. The molecule has 1 N–H and O–H groups in total. The second-order valence-electron chi connectivity index (χ2n) is 4.38. The molecular weight excluding hydrogens is 126 g/mol. The zero-order valence-corrected chi connectivity index (χ0v) is 7.22. The highest BCUT2D eigenvalue weighted by atomic mass is 16.3. The largest absolute Gasteiger partial charge is 0.390 e. The monoisotopic (exact) mass is 144 g/mol. The minimum absolute atomic E-state index is 0.381. The van der Waals surface area contributed by atoms with E-state index in [0.717, 1.165) is 30.4 Å². The molecule has 0 atom stereocenters. The summed E-state index contributed by atoms with van der Waals surface area (Å²) in [7, 11) is 4.43. The summed E-state index contributed by atoms with van der Waals surface area (Å²) in [4.78, 5) is 0. The molecule has 0 spiro atoms. The highest BCUT2D eigenvalue weighted by Gasteiger charge is 2.32. The number of nitrogens with zero attached hydrogens (tertiary/aromatic N) is 1. The van der Waals surface area contributed by atoms with Gasteiger partial charge in [0.05, 0.1) is 32.8 Å². The Morgan fingerprint density at radius 1 is 1.20 bits per heavy atom. The number of aliphatic hydroxyl groups is 1. The Kier molecular flexibility index (Phi) is 1.77. The molecule has 1 fully saturated rings. The van der Waals surface area contributed by atoms with Crippen molar-refractivity contribution in [2.24, 2.45) is 0 Å². The van der Waals surface area contributed by atoms with E-state index >= 15 is 0 Å². The maximum Gasteiger partial charge on any atom is 0.0810 e. The topological polar surface area (TPSA) is 20.2 Å².